The number of rotatable bonds is 6. The number of aromatic nitrogens is 3. The van der Waals surface area contributed by atoms with Crippen molar-refractivity contribution in [3.8, 4) is 11.3 Å². The van der Waals surface area contributed by atoms with Crippen LogP contribution in [0.4, 0.5) is 4.39 Å². The molecule has 3 aromatic rings. The lowest BCUT2D eigenvalue weighted by Gasteiger charge is -2.11. The van der Waals surface area contributed by atoms with E-state index in [1.165, 1.54) is 18.3 Å². The van der Waals surface area contributed by atoms with Crippen LogP contribution in [0, 0.1) is 12.7 Å². The minimum atomic E-state index is -0.505. The lowest BCUT2D eigenvalue weighted by Crippen LogP contribution is -2.38. The molecule has 0 unspecified atom stereocenters. The molecule has 0 aliphatic carbocycles. The summed E-state index contributed by atoms with van der Waals surface area (Å²) >= 11 is 0. The normalized spacial score (nSPS) is 11.8. The van der Waals surface area contributed by atoms with E-state index in [1.54, 1.807) is 32.0 Å². The van der Waals surface area contributed by atoms with Crippen molar-refractivity contribution in [3.05, 3.63) is 59.6 Å². The fourth-order valence-corrected chi connectivity index (χ4v) is 2.46. The fraction of sp³-hybridized carbons (Fsp3) is 0.222. The lowest BCUT2D eigenvalue weighted by atomic mass is 10.1. The Kier molecular flexibility index (Phi) is 5.30. The summed E-state index contributed by atoms with van der Waals surface area (Å²) in [5.74, 6) is -0.300. The molecule has 0 saturated heterocycles. The molecule has 9 heteroatoms. The minimum absolute atomic E-state index is 0.105. The third kappa shape index (κ3) is 4.38. The molecule has 8 nitrogen and oxygen atoms in total. The Bertz CT molecular complexity index is 965. The number of nitrogens with one attached hydrogen (secondary N) is 3. The highest BCUT2D eigenvalue weighted by Crippen LogP contribution is 2.21. The first-order valence-corrected chi connectivity index (χ1v) is 8.24. The number of imidazole rings is 1. The molecule has 27 heavy (non-hydrogen) atoms. The molecule has 2 aromatic heterocycles. The molecule has 0 fully saturated rings. The third-order valence-electron chi connectivity index (χ3n) is 3.82. The lowest BCUT2D eigenvalue weighted by molar-refractivity contribution is -0.120. The van der Waals surface area contributed by atoms with E-state index in [0.29, 0.717) is 22.8 Å². The van der Waals surface area contributed by atoms with E-state index < -0.39 is 17.9 Å². The Hall–Kier alpha value is -3.49. The molecule has 1 atom stereocenters. The van der Waals surface area contributed by atoms with Crippen LogP contribution in [0.25, 0.3) is 11.3 Å². The van der Waals surface area contributed by atoms with E-state index in [1.807, 2.05) is 0 Å². The molecule has 3 N–H and O–H groups in total. The first-order valence-electron chi connectivity index (χ1n) is 8.24. The van der Waals surface area contributed by atoms with E-state index in [9.17, 15) is 14.0 Å². The summed E-state index contributed by atoms with van der Waals surface area (Å²) in [4.78, 5) is 31.0. The number of carbonyl (C=O) groups is 2. The number of amides is 2. The maximum Gasteiger partial charge on any atom is 0.273 e. The quantitative estimate of drug-likeness (QED) is 0.614. The van der Waals surface area contributed by atoms with Gasteiger partial charge in [0.05, 0.1) is 24.5 Å². The van der Waals surface area contributed by atoms with Gasteiger partial charge in [-0.25, -0.2) is 9.37 Å². The van der Waals surface area contributed by atoms with Gasteiger partial charge in [-0.2, -0.15) is 0 Å². The molecule has 0 aliphatic heterocycles. The molecular formula is C18H18FN5O3. The van der Waals surface area contributed by atoms with Crippen molar-refractivity contribution in [2.45, 2.75) is 19.9 Å². The van der Waals surface area contributed by atoms with Crippen LogP contribution in [-0.4, -0.2) is 33.5 Å². The number of aromatic amines is 1. The van der Waals surface area contributed by atoms with Crippen molar-refractivity contribution < 1.29 is 18.5 Å². The van der Waals surface area contributed by atoms with Gasteiger partial charge in [-0.3, -0.25) is 9.59 Å². The van der Waals surface area contributed by atoms with Crippen LogP contribution in [0.15, 0.2) is 41.1 Å². The third-order valence-corrected chi connectivity index (χ3v) is 3.82. The second kappa shape index (κ2) is 7.81. The summed E-state index contributed by atoms with van der Waals surface area (Å²) in [6.07, 6.45) is 1.51. The predicted octanol–water partition coefficient (Wildman–Crippen LogP) is 2.12. The number of halogens is 1. The summed E-state index contributed by atoms with van der Waals surface area (Å²) in [5, 5.41) is 8.73. The standard InChI is InChI=1S/C18H18FN5O3/c1-10-7-14(24-27-10)18(26)21-9-16(25)22-11(2)17-20-8-15(23-17)12-5-3-4-6-13(12)19/h3-8,11H,9H2,1-2H3,(H,20,23)(H,21,26)(H,22,25)/t11-/m0/s1. The second-order valence-electron chi connectivity index (χ2n) is 5.96. The maximum absolute atomic E-state index is 13.8. The molecule has 2 heterocycles. The van der Waals surface area contributed by atoms with Gasteiger partial charge < -0.3 is 20.1 Å². The van der Waals surface area contributed by atoms with Gasteiger partial charge in [0.15, 0.2) is 5.69 Å². The number of benzene rings is 1. The van der Waals surface area contributed by atoms with Crippen LogP contribution in [0.2, 0.25) is 0 Å². The van der Waals surface area contributed by atoms with Gasteiger partial charge in [-0.1, -0.05) is 17.3 Å². The molecule has 2 amide bonds. The SMILES string of the molecule is Cc1cc(C(=O)NCC(=O)N[C@@H](C)c2ncc(-c3ccccc3F)[nH]2)no1. The molecular weight excluding hydrogens is 353 g/mol. The topological polar surface area (TPSA) is 113 Å². The second-order valence-corrected chi connectivity index (χ2v) is 5.96. The van der Waals surface area contributed by atoms with Gasteiger partial charge in [-0.15, -0.1) is 0 Å². The number of hydrogen-bond donors (Lipinski definition) is 3. The number of carbonyl (C=O) groups excluding carboxylic acids is 2. The zero-order valence-electron chi connectivity index (χ0n) is 14.7. The zero-order valence-corrected chi connectivity index (χ0v) is 14.7. The minimum Gasteiger partial charge on any atom is -0.361 e. The highest BCUT2D eigenvalue weighted by atomic mass is 19.1. The van der Waals surface area contributed by atoms with Gasteiger partial charge in [0.2, 0.25) is 5.91 Å². The van der Waals surface area contributed by atoms with Crippen LogP contribution in [-0.2, 0) is 4.79 Å². The predicted molar refractivity (Wildman–Crippen MR) is 94.1 cm³/mol. The van der Waals surface area contributed by atoms with Crippen molar-refractivity contribution in [1.82, 2.24) is 25.8 Å². The van der Waals surface area contributed by atoms with Crippen molar-refractivity contribution in [3.63, 3.8) is 0 Å². The molecule has 0 bridgehead atoms. The number of nitrogens with zero attached hydrogens (tertiary/aromatic N) is 2. The summed E-state index contributed by atoms with van der Waals surface area (Å²) in [6, 6.07) is 7.35. The van der Waals surface area contributed by atoms with E-state index in [4.69, 9.17) is 4.52 Å². The monoisotopic (exact) mass is 371 g/mol. The van der Waals surface area contributed by atoms with Gasteiger partial charge in [-0.05, 0) is 26.0 Å². The molecule has 0 spiro atoms. The Balaban J connectivity index is 1.56. The van der Waals surface area contributed by atoms with Gasteiger partial charge in [0.1, 0.15) is 17.4 Å². The number of aryl methyl sites for hydroxylation is 1. The summed E-state index contributed by atoms with van der Waals surface area (Å²) < 4.78 is 18.7. The van der Waals surface area contributed by atoms with Crippen molar-refractivity contribution in [1.29, 1.82) is 0 Å². The smallest absolute Gasteiger partial charge is 0.273 e. The largest absolute Gasteiger partial charge is 0.361 e. The highest BCUT2D eigenvalue weighted by Gasteiger charge is 2.16. The molecule has 3 rings (SSSR count). The van der Waals surface area contributed by atoms with Crippen LogP contribution in [0.5, 0.6) is 0 Å². The van der Waals surface area contributed by atoms with Crippen molar-refractivity contribution in [2.75, 3.05) is 6.54 Å². The van der Waals surface area contributed by atoms with Gasteiger partial charge in [0, 0.05) is 11.6 Å². The number of H-pyrrole nitrogens is 1. The Morgan fingerprint density at radius 2 is 2.11 bits per heavy atom. The van der Waals surface area contributed by atoms with E-state index in [2.05, 4.69) is 25.8 Å². The molecule has 0 radical (unpaired) electrons. The van der Waals surface area contributed by atoms with Crippen LogP contribution in [0.3, 0.4) is 0 Å². The number of hydrogen-bond acceptors (Lipinski definition) is 5. The average molecular weight is 371 g/mol. The zero-order chi connectivity index (χ0) is 19.4. The van der Waals surface area contributed by atoms with Crippen LogP contribution >= 0.6 is 0 Å². The molecule has 0 aliphatic rings. The molecule has 140 valence electrons. The summed E-state index contributed by atoms with van der Waals surface area (Å²) in [7, 11) is 0. The van der Waals surface area contributed by atoms with E-state index >= 15 is 0 Å². The first-order chi connectivity index (χ1) is 12.9. The van der Waals surface area contributed by atoms with Crippen LogP contribution in [0.1, 0.15) is 35.0 Å². The van der Waals surface area contributed by atoms with E-state index in [-0.39, 0.29) is 18.1 Å². The Morgan fingerprint density at radius 3 is 2.81 bits per heavy atom. The Labute approximate surface area is 154 Å². The van der Waals surface area contributed by atoms with Gasteiger partial charge >= 0.3 is 0 Å². The highest BCUT2D eigenvalue weighted by molar-refractivity contribution is 5.94. The van der Waals surface area contributed by atoms with Crippen molar-refractivity contribution in [2.24, 2.45) is 0 Å². The van der Waals surface area contributed by atoms with Gasteiger partial charge in [0.25, 0.3) is 5.91 Å². The first kappa shape index (κ1) is 18.3. The molecule has 1 aromatic carbocycles. The fourth-order valence-electron chi connectivity index (χ4n) is 2.46. The summed E-state index contributed by atoms with van der Waals surface area (Å²) in [5.41, 5.74) is 1.01. The van der Waals surface area contributed by atoms with Crippen LogP contribution < -0.4 is 10.6 Å². The Morgan fingerprint density at radius 1 is 1.33 bits per heavy atom. The van der Waals surface area contributed by atoms with Crippen molar-refractivity contribution >= 4 is 11.8 Å². The maximum atomic E-state index is 13.8. The molecule has 0 saturated carbocycles. The van der Waals surface area contributed by atoms with E-state index in [0.717, 1.165) is 0 Å². The summed E-state index contributed by atoms with van der Waals surface area (Å²) in [6.45, 7) is 3.16. The average Bonchev–Trinajstić information content (AvgIpc) is 3.29.